The molecule has 0 aliphatic rings. The van der Waals surface area contributed by atoms with Gasteiger partial charge in [0, 0.05) is 22.3 Å². The number of aromatic nitrogens is 1. The van der Waals surface area contributed by atoms with Crippen molar-refractivity contribution in [3.63, 3.8) is 0 Å². The van der Waals surface area contributed by atoms with Gasteiger partial charge >= 0.3 is 0 Å². The van der Waals surface area contributed by atoms with Crippen LogP contribution in [0.1, 0.15) is 15.9 Å². The Balaban J connectivity index is 1.77. The van der Waals surface area contributed by atoms with Gasteiger partial charge in [-0.25, -0.2) is 0 Å². The molecule has 0 aliphatic carbocycles. The van der Waals surface area contributed by atoms with Gasteiger partial charge in [0.2, 0.25) is 0 Å². The predicted molar refractivity (Wildman–Crippen MR) is 108 cm³/mol. The largest absolute Gasteiger partial charge is 0.322 e. The Morgan fingerprint density at radius 1 is 0.815 bits per heavy atom. The lowest BCUT2D eigenvalue weighted by molar-refractivity contribution is 0.0985. The first kappa shape index (κ1) is 16.8. The average molecular weight is 354 g/mol. The molecule has 0 saturated heterocycles. The Bertz CT molecular complexity index is 1140. The summed E-state index contributed by atoms with van der Waals surface area (Å²) in [6.45, 7) is 0.192. The van der Waals surface area contributed by atoms with Gasteiger partial charge in [0.25, 0.3) is 11.5 Å². The number of hydrogen-bond acceptors (Lipinski definition) is 2. The van der Waals surface area contributed by atoms with Gasteiger partial charge in [0.05, 0.1) is 6.54 Å². The van der Waals surface area contributed by atoms with Gasteiger partial charge in [0.1, 0.15) is 0 Å². The van der Waals surface area contributed by atoms with E-state index in [1.807, 2.05) is 78.9 Å². The summed E-state index contributed by atoms with van der Waals surface area (Å²) in [6.07, 6.45) is 0. The molecule has 1 N–H and O–H groups in total. The van der Waals surface area contributed by atoms with E-state index in [1.165, 1.54) is 0 Å². The van der Waals surface area contributed by atoms with Crippen molar-refractivity contribution in [3.8, 4) is 0 Å². The quantitative estimate of drug-likeness (QED) is 0.591. The van der Waals surface area contributed by atoms with Crippen molar-refractivity contribution in [3.05, 3.63) is 112 Å². The zero-order chi connectivity index (χ0) is 18.6. The fraction of sp³-hybridized carbons (Fsp3) is 0.0435. The standard InChI is InChI=1S/C23H18N2O2/c26-22-19(15-18-11-7-8-14-21(18)24-22)16-25(20-12-5-2-6-13-20)23(27)17-9-3-1-4-10-17/h1-15H,16H2,(H,24,26). The first-order valence-corrected chi connectivity index (χ1v) is 8.75. The fourth-order valence-electron chi connectivity index (χ4n) is 3.11. The number of benzene rings is 3. The molecule has 0 bridgehead atoms. The molecule has 0 saturated carbocycles. The van der Waals surface area contributed by atoms with E-state index in [-0.39, 0.29) is 18.0 Å². The molecule has 0 radical (unpaired) electrons. The van der Waals surface area contributed by atoms with Crippen LogP contribution >= 0.6 is 0 Å². The van der Waals surface area contributed by atoms with Crippen LogP contribution in [0.25, 0.3) is 10.9 Å². The van der Waals surface area contributed by atoms with Crippen molar-refractivity contribution < 1.29 is 4.79 Å². The molecule has 1 aromatic heterocycles. The van der Waals surface area contributed by atoms with E-state index >= 15 is 0 Å². The lowest BCUT2D eigenvalue weighted by Gasteiger charge is -2.23. The third kappa shape index (κ3) is 3.51. The second-order valence-electron chi connectivity index (χ2n) is 6.30. The molecule has 4 nitrogen and oxygen atoms in total. The fourth-order valence-corrected chi connectivity index (χ4v) is 3.11. The van der Waals surface area contributed by atoms with Gasteiger partial charge in [-0.3, -0.25) is 9.59 Å². The summed E-state index contributed by atoms with van der Waals surface area (Å²) in [5.74, 6) is -0.144. The monoisotopic (exact) mass is 354 g/mol. The van der Waals surface area contributed by atoms with Crippen LogP contribution in [-0.2, 0) is 6.54 Å². The summed E-state index contributed by atoms with van der Waals surface area (Å²) in [7, 11) is 0. The lowest BCUT2D eigenvalue weighted by Crippen LogP contribution is -2.32. The number of carbonyl (C=O) groups excluding carboxylic acids is 1. The number of carbonyl (C=O) groups is 1. The zero-order valence-electron chi connectivity index (χ0n) is 14.6. The molecular formula is C23H18N2O2. The number of H-pyrrole nitrogens is 1. The third-order valence-corrected chi connectivity index (χ3v) is 4.49. The van der Waals surface area contributed by atoms with Crippen LogP contribution in [0.2, 0.25) is 0 Å². The first-order chi connectivity index (χ1) is 13.2. The van der Waals surface area contributed by atoms with Crippen LogP contribution in [0.5, 0.6) is 0 Å². The van der Waals surface area contributed by atoms with Crippen LogP contribution in [0.3, 0.4) is 0 Å². The van der Waals surface area contributed by atoms with Crippen molar-refractivity contribution in [2.24, 2.45) is 0 Å². The maximum Gasteiger partial charge on any atom is 0.258 e. The smallest absolute Gasteiger partial charge is 0.258 e. The molecule has 3 aromatic carbocycles. The number of pyridine rings is 1. The number of hydrogen-bond donors (Lipinski definition) is 1. The molecule has 0 fully saturated rings. The van der Waals surface area contributed by atoms with Crippen LogP contribution in [0.4, 0.5) is 5.69 Å². The Hall–Kier alpha value is -3.66. The van der Waals surface area contributed by atoms with Gasteiger partial charge < -0.3 is 9.88 Å². The molecule has 4 rings (SSSR count). The highest BCUT2D eigenvalue weighted by Gasteiger charge is 2.19. The summed E-state index contributed by atoms with van der Waals surface area (Å²) in [6, 6.07) is 28.0. The number of nitrogens with zero attached hydrogens (tertiary/aromatic N) is 1. The van der Waals surface area contributed by atoms with Crippen molar-refractivity contribution in [1.29, 1.82) is 0 Å². The Morgan fingerprint density at radius 2 is 1.44 bits per heavy atom. The second kappa shape index (κ2) is 7.30. The van der Waals surface area contributed by atoms with E-state index < -0.39 is 0 Å². The summed E-state index contributed by atoms with van der Waals surface area (Å²) in [5, 5.41) is 0.937. The van der Waals surface area contributed by atoms with E-state index in [9.17, 15) is 9.59 Å². The van der Waals surface area contributed by atoms with Gasteiger partial charge in [0.15, 0.2) is 0 Å². The summed E-state index contributed by atoms with van der Waals surface area (Å²) in [4.78, 5) is 30.2. The lowest BCUT2D eigenvalue weighted by atomic mass is 10.1. The molecule has 0 aliphatic heterocycles. The Kier molecular flexibility index (Phi) is 4.54. The van der Waals surface area contributed by atoms with E-state index in [0.717, 1.165) is 16.6 Å². The highest BCUT2D eigenvalue weighted by atomic mass is 16.2. The maximum absolute atomic E-state index is 13.1. The second-order valence-corrected chi connectivity index (χ2v) is 6.30. The van der Waals surface area contributed by atoms with Crippen molar-refractivity contribution in [1.82, 2.24) is 4.98 Å². The normalized spacial score (nSPS) is 10.7. The third-order valence-electron chi connectivity index (χ3n) is 4.49. The highest BCUT2D eigenvalue weighted by molar-refractivity contribution is 6.06. The maximum atomic E-state index is 13.1. The number of anilines is 1. The van der Waals surface area contributed by atoms with Gasteiger partial charge in [-0.05, 0) is 41.8 Å². The molecular weight excluding hydrogens is 336 g/mol. The molecule has 132 valence electrons. The molecule has 0 spiro atoms. The van der Waals surface area contributed by atoms with Gasteiger partial charge in [-0.2, -0.15) is 0 Å². The minimum atomic E-state index is -0.185. The van der Waals surface area contributed by atoms with E-state index in [2.05, 4.69) is 4.98 Å². The minimum Gasteiger partial charge on any atom is -0.322 e. The number of fused-ring (bicyclic) bond motifs is 1. The molecule has 1 amide bonds. The van der Waals surface area contributed by atoms with E-state index in [4.69, 9.17) is 0 Å². The number of nitrogens with one attached hydrogen (secondary N) is 1. The molecule has 0 unspecified atom stereocenters. The number of para-hydroxylation sites is 2. The number of amides is 1. The predicted octanol–water partition coefficient (Wildman–Crippen LogP) is 4.38. The zero-order valence-corrected chi connectivity index (χ0v) is 14.6. The topological polar surface area (TPSA) is 53.2 Å². The summed E-state index contributed by atoms with van der Waals surface area (Å²) < 4.78 is 0. The van der Waals surface area contributed by atoms with E-state index in [1.54, 1.807) is 17.0 Å². The molecule has 4 aromatic rings. The van der Waals surface area contributed by atoms with Gasteiger partial charge in [-0.15, -0.1) is 0 Å². The minimum absolute atomic E-state index is 0.144. The molecule has 27 heavy (non-hydrogen) atoms. The number of aromatic amines is 1. The van der Waals surface area contributed by atoms with Gasteiger partial charge in [-0.1, -0.05) is 54.6 Å². The highest BCUT2D eigenvalue weighted by Crippen LogP contribution is 2.20. The van der Waals surface area contributed by atoms with E-state index in [0.29, 0.717) is 11.1 Å². The van der Waals surface area contributed by atoms with Crippen LogP contribution in [0.15, 0.2) is 95.8 Å². The molecule has 1 heterocycles. The summed E-state index contributed by atoms with van der Waals surface area (Å²) >= 11 is 0. The van der Waals surface area contributed by atoms with Crippen LogP contribution < -0.4 is 10.5 Å². The van der Waals surface area contributed by atoms with Crippen LogP contribution in [0, 0.1) is 0 Å². The molecule has 0 atom stereocenters. The number of rotatable bonds is 4. The summed E-state index contributed by atoms with van der Waals surface area (Å²) in [5.41, 5.74) is 2.47. The van der Waals surface area contributed by atoms with Crippen molar-refractivity contribution in [2.45, 2.75) is 6.54 Å². The van der Waals surface area contributed by atoms with Crippen LogP contribution in [-0.4, -0.2) is 10.9 Å². The van der Waals surface area contributed by atoms with Crippen molar-refractivity contribution in [2.75, 3.05) is 4.90 Å². The Morgan fingerprint density at radius 3 is 2.19 bits per heavy atom. The SMILES string of the molecule is O=C(c1ccccc1)N(Cc1cc2ccccc2[nH]c1=O)c1ccccc1. The molecule has 4 heteroatoms. The Labute approximate surface area is 156 Å². The average Bonchev–Trinajstić information content (AvgIpc) is 2.73. The van der Waals surface area contributed by atoms with Crippen molar-refractivity contribution >= 4 is 22.5 Å². The first-order valence-electron chi connectivity index (χ1n) is 8.75.